The van der Waals surface area contributed by atoms with Crippen LogP contribution >= 0.6 is 0 Å². The van der Waals surface area contributed by atoms with Crippen LogP contribution in [-0.4, -0.2) is 55.5 Å². The first-order valence-electron chi connectivity index (χ1n) is 6.05. The van der Waals surface area contributed by atoms with Crippen molar-refractivity contribution in [2.75, 3.05) is 13.1 Å². The summed E-state index contributed by atoms with van der Waals surface area (Å²) >= 11 is 0. The molecule has 3 rings (SSSR count). The fourth-order valence-corrected chi connectivity index (χ4v) is 2.09. The number of β-amino-alcohol motifs (C(OH)–C–C–N with tert-alkyl or cyclic N) is 2. The van der Waals surface area contributed by atoms with Crippen LogP contribution in [0.5, 0.6) is 0 Å². The molecule has 2 aromatic rings. The van der Waals surface area contributed by atoms with Gasteiger partial charge in [0.1, 0.15) is 5.69 Å². The molecule has 0 saturated carbocycles. The average Bonchev–Trinajstić information content (AvgIpc) is 2.99. The van der Waals surface area contributed by atoms with Gasteiger partial charge in [0.25, 0.3) is 0 Å². The van der Waals surface area contributed by atoms with Crippen LogP contribution < -0.4 is 0 Å². The van der Waals surface area contributed by atoms with Gasteiger partial charge in [-0.05, 0) is 12.1 Å². The number of pyridine rings is 1. The molecule has 0 spiro atoms. The number of rotatable bonds is 3. The minimum absolute atomic E-state index is 0.405. The number of nitrogens with zero attached hydrogens (tertiary/aromatic N) is 4. The lowest BCUT2D eigenvalue weighted by Crippen LogP contribution is -2.22. The second-order valence-corrected chi connectivity index (χ2v) is 4.56. The molecule has 0 aromatic carbocycles. The van der Waals surface area contributed by atoms with E-state index in [9.17, 15) is 10.2 Å². The van der Waals surface area contributed by atoms with Gasteiger partial charge < -0.3 is 14.7 Å². The fourth-order valence-electron chi connectivity index (χ4n) is 2.09. The summed E-state index contributed by atoms with van der Waals surface area (Å²) in [5, 5.41) is 22.8. The molecule has 2 atom stereocenters. The van der Waals surface area contributed by atoms with Gasteiger partial charge in [0, 0.05) is 19.3 Å². The number of aromatic nitrogens is 3. The zero-order valence-corrected chi connectivity index (χ0v) is 10.2. The molecule has 7 heteroatoms. The van der Waals surface area contributed by atoms with E-state index in [4.69, 9.17) is 4.52 Å². The number of hydrogen-bond acceptors (Lipinski definition) is 7. The molecule has 0 amide bonds. The highest BCUT2D eigenvalue weighted by Gasteiger charge is 2.30. The van der Waals surface area contributed by atoms with Crippen LogP contribution in [0.25, 0.3) is 11.5 Å². The smallest absolute Gasteiger partial charge is 0.241 e. The predicted octanol–water partition coefficient (Wildman–Crippen LogP) is -0.331. The molecule has 0 radical (unpaired) electrons. The molecule has 2 unspecified atom stereocenters. The summed E-state index contributed by atoms with van der Waals surface area (Å²) in [6.45, 7) is 1.22. The monoisotopic (exact) mass is 262 g/mol. The molecule has 0 aliphatic carbocycles. The van der Waals surface area contributed by atoms with Gasteiger partial charge in [0.2, 0.25) is 11.7 Å². The Balaban J connectivity index is 1.69. The van der Waals surface area contributed by atoms with E-state index in [2.05, 4.69) is 15.1 Å². The van der Waals surface area contributed by atoms with Gasteiger partial charge in [-0.2, -0.15) is 4.98 Å². The van der Waals surface area contributed by atoms with Crippen molar-refractivity contribution in [3.63, 3.8) is 0 Å². The molecule has 7 nitrogen and oxygen atoms in total. The van der Waals surface area contributed by atoms with Crippen molar-refractivity contribution in [3.8, 4) is 11.5 Å². The molecular weight excluding hydrogens is 248 g/mol. The van der Waals surface area contributed by atoms with Crippen LogP contribution in [0.3, 0.4) is 0 Å². The SMILES string of the molecule is OC1CN(Cc2nc(-c3ccccn3)no2)CC1O. The van der Waals surface area contributed by atoms with E-state index in [-0.39, 0.29) is 0 Å². The Morgan fingerprint density at radius 3 is 2.74 bits per heavy atom. The molecule has 1 aliphatic rings. The van der Waals surface area contributed by atoms with Crippen LogP contribution in [-0.2, 0) is 6.54 Å². The van der Waals surface area contributed by atoms with E-state index < -0.39 is 12.2 Å². The van der Waals surface area contributed by atoms with Gasteiger partial charge in [-0.15, -0.1) is 0 Å². The Morgan fingerprint density at radius 2 is 2.05 bits per heavy atom. The summed E-state index contributed by atoms with van der Waals surface area (Å²) < 4.78 is 5.15. The van der Waals surface area contributed by atoms with Gasteiger partial charge >= 0.3 is 0 Å². The number of aliphatic hydroxyl groups is 2. The second-order valence-electron chi connectivity index (χ2n) is 4.56. The second kappa shape index (κ2) is 5.04. The van der Waals surface area contributed by atoms with Crippen molar-refractivity contribution in [1.82, 2.24) is 20.0 Å². The lowest BCUT2D eigenvalue weighted by molar-refractivity contribution is 0.0572. The summed E-state index contributed by atoms with van der Waals surface area (Å²) in [6, 6.07) is 5.47. The summed E-state index contributed by atoms with van der Waals surface area (Å²) in [7, 11) is 0. The van der Waals surface area contributed by atoms with Crippen LogP contribution in [0.2, 0.25) is 0 Å². The maximum atomic E-state index is 9.46. The van der Waals surface area contributed by atoms with Crippen LogP contribution in [0.15, 0.2) is 28.9 Å². The molecule has 1 saturated heterocycles. The number of aliphatic hydroxyl groups excluding tert-OH is 2. The zero-order chi connectivity index (χ0) is 13.2. The number of likely N-dealkylation sites (tertiary alicyclic amines) is 1. The maximum absolute atomic E-state index is 9.46. The summed E-state index contributed by atoms with van der Waals surface area (Å²) in [5.41, 5.74) is 0.652. The lowest BCUT2D eigenvalue weighted by Gasteiger charge is -2.10. The number of hydrogen-bond donors (Lipinski definition) is 2. The van der Waals surface area contributed by atoms with Gasteiger partial charge in [-0.25, -0.2) is 0 Å². The van der Waals surface area contributed by atoms with Crippen molar-refractivity contribution < 1.29 is 14.7 Å². The quantitative estimate of drug-likeness (QED) is 0.781. The third-order valence-corrected chi connectivity index (χ3v) is 3.06. The highest BCUT2D eigenvalue weighted by molar-refractivity contribution is 5.46. The van der Waals surface area contributed by atoms with Crippen LogP contribution in [0.1, 0.15) is 5.89 Å². The van der Waals surface area contributed by atoms with Crippen LogP contribution in [0.4, 0.5) is 0 Å². The molecule has 3 heterocycles. The van der Waals surface area contributed by atoms with Crippen LogP contribution in [0, 0.1) is 0 Å². The lowest BCUT2D eigenvalue weighted by atomic mass is 10.3. The minimum Gasteiger partial charge on any atom is -0.389 e. The summed E-state index contributed by atoms with van der Waals surface area (Å²) in [5.74, 6) is 0.887. The van der Waals surface area contributed by atoms with E-state index in [1.54, 1.807) is 12.3 Å². The van der Waals surface area contributed by atoms with Crippen molar-refractivity contribution in [1.29, 1.82) is 0 Å². The van der Waals surface area contributed by atoms with Crippen molar-refractivity contribution in [2.45, 2.75) is 18.8 Å². The third-order valence-electron chi connectivity index (χ3n) is 3.06. The molecule has 0 bridgehead atoms. The standard InChI is InChI=1S/C12H14N4O3/c17-9-5-16(6-10(9)18)7-11-14-12(15-19-11)8-3-1-2-4-13-8/h1-4,9-10,17-18H,5-7H2. The Labute approximate surface area is 109 Å². The first-order chi connectivity index (χ1) is 9.22. The Hall–Kier alpha value is -1.83. The Morgan fingerprint density at radius 1 is 1.26 bits per heavy atom. The van der Waals surface area contributed by atoms with E-state index in [1.165, 1.54) is 0 Å². The van der Waals surface area contributed by atoms with Gasteiger partial charge in [0.05, 0.1) is 18.8 Å². The minimum atomic E-state index is -0.710. The maximum Gasteiger partial charge on any atom is 0.241 e. The molecule has 19 heavy (non-hydrogen) atoms. The van der Waals surface area contributed by atoms with Crippen molar-refractivity contribution in [2.24, 2.45) is 0 Å². The first kappa shape index (κ1) is 12.2. The third kappa shape index (κ3) is 2.62. The molecule has 1 aliphatic heterocycles. The average molecular weight is 262 g/mol. The molecule has 1 fully saturated rings. The van der Waals surface area contributed by atoms with Gasteiger partial charge in [-0.3, -0.25) is 9.88 Å². The Kier molecular flexibility index (Phi) is 3.24. The van der Waals surface area contributed by atoms with E-state index in [1.807, 2.05) is 17.0 Å². The fraction of sp³-hybridized carbons (Fsp3) is 0.417. The van der Waals surface area contributed by atoms with Gasteiger partial charge in [-0.1, -0.05) is 11.2 Å². The van der Waals surface area contributed by atoms with Crippen molar-refractivity contribution >= 4 is 0 Å². The van der Waals surface area contributed by atoms with E-state index in [0.717, 1.165) is 0 Å². The zero-order valence-electron chi connectivity index (χ0n) is 10.2. The summed E-state index contributed by atoms with van der Waals surface area (Å²) in [6.07, 6.45) is 0.245. The highest BCUT2D eigenvalue weighted by atomic mass is 16.5. The van der Waals surface area contributed by atoms with E-state index >= 15 is 0 Å². The van der Waals surface area contributed by atoms with E-state index in [0.29, 0.717) is 37.0 Å². The predicted molar refractivity (Wildman–Crippen MR) is 64.8 cm³/mol. The highest BCUT2D eigenvalue weighted by Crippen LogP contribution is 2.16. The molecule has 2 aromatic heterocycles. The van der Waals surface area contributed by atoms with Crippen molar-refractivity contribution in [3.05, 3.63) is 30.3 Å². The normalized spacial score (nSPS) is 23.9. The summed E-state index contributed by atoms with van der Waals surface area (Å²) in [4.78, 5) is 10.3. The van der Waals surface area contributed by atoms with Gasteiger partial charge in [0.15, 0.2) is 0 Å². The topological polar surface area (TPSA) is 95.5 Å². The largest absolute Gasteiger partial charge is 0.389 e. The first-order valence-corrected chi connectivity index (χ1v) is 6.05. The molecule has 100 valence electrons. The molecule has 2 N–H and O–H groups in total. The molecular formula is C12H14N4O3. The Bertz CT molecular complexity index is 535.